The van der Waals surface area contributed by atoms with Crippen molar-refractivity contribution in [3.05, 3.63) is 53.9 Å². The molecule has 2 amide bonds. The van der Waals surface area contributed by atoms with Gasteiger partial charge in [0.2, 0.25) is 0 Å². The summed E-state index contributed by atoms with van der Waals surface area (Å²) < 4.78 is 16.8. The average molecular weight is 423 g/mol. The van der Waals surface area contributed by atoms with Gasteiger partial charge in [-0.05, 0) is 43.2 Å². The van der Waals surface area contributed by atoms with Crippen molar-refractivity contribution < 1.29 is 23.5 Å². The van der Waals surface area contributed by atoms with E-state index in [0.717, 1.165) is 23.9 Å². The van der Waals surface area contributed by atoms with Gasteiger partial charge in [0.05, 0.1) is 13.0 Å². The maximum absolute atomic E-state index is 13.2. The molecule has 1 aliphatic rings. The molecule has 1 aromatic heterocycles. The number of methoxy groups -OCH3 is 1. The van der Waals surface area contributed by atoms with Crippen LogP contribution in [0.5, 0.6) is 11.5 Å². The van der Waals surface area contributed by atoms with Gasteiger partial charge in [-0.3, -0.25) is 9.59 Å². The minimum Gasteiger partial charge on any atom is -0.493 e. The van der Waals surface area contributed by atoms with Crippen LogP contribution in [0.3, 0.4) is 0 Å². The van der Waals surface area contributed by atoms with Gasteiger partial charge in [0.15, 0.2) is 29.6 Å². The molecule has 0 saturated carbocycles. The quantitative estimate of drug-likeness (QED) is 0.655. The van der Waals surface area contributed by atoms with Crippen LogP contribution in [-0.4, -0.2) is 55.6 Å². The zero-order valence-corrected chi connectivity index (χ0v) is 17.6. The van der Waals surface area contributed by atoms with E-state index in [9.17, 15) is 9.59 Å². The summed E-state index contributed by atoms with van der Waals surface area (Å²) in [4.78, 5) is 31.0. The number of rotatable bonds is 6. The Morgan fingerprint density at radius 3 is 2.84 bits per heavy atom. The molecule has 1 N–H and O–H groups in total. The summed E-state index contributed by atoms with van der Waals surface area (Å²) in [6.45, 7) is 1.09. The number of likely N-dealkylation sites (tertiary alicyclic amines) is 1. The number of carbonyl (C=O) groups is 2. The summed E-state index contributed by atoms with van der Waals surface area (Å²) in [6.07, 6.45) is 1.80. The molecule has 2 heterocycles. The van der Waals surface area contributed by atoms with Gasteiger partial charge in [0, 0.05) is 25.7 Å². The first-order chi connectivity index (χ1) is 15.1. The molecular weight excluding hydrogens is 398 g/mol. The standard InChI is InChI=1S/C23H25N3O5/c1-24-21(27)14-30-19-10-9-15(12-20(19)29-2)23(28)26-11-5-6-16(13-26)22-25-17-7-3-4-8-18(17)31-22/h3-4,7-10,12,16H,5-6,11,13-14H2,1-2H3,(H,24,27). The molecule has 1 aliphatic heterocycles. The fourth-order valence-corrected chi connectivity index (χ4v) is 3.75. The lowest BCUT2D eigenvalue weighted by Gasteiger charge is -2.31. The van der Waals surface area contributed by atoms with E-state index in [1.165, 1.54) is 14.2 Å². The highest BCUT2D eigenvalue weighted by Crippen LogP contribution is 2.32. The van der Waals surface area contributed by atoms with Crippen molar-refractivity contribution in [3.63, 3.8) is 0 Å². The second-order valence-electron chi connectivity index (χ2n) is 7.44. The lowest BCUT2D eigenvalue weighted by molar-refractivity contribution is -0.122. The Hall–Kier alpha value is -3.55. The third-order valence-electron chi connectivity index (χ3n) is 5.42. The molecule has 1 fully saturated rings. The number of nitrogens with zero attached hydrogens (tertiary/aromatic N) is 2. The van der Waals surface area contributed by atoms with Crippen LogP contribution >= 0.6 is 0 Å². The molecule has 8 heteroatoms. The van der Waals surface area contributed by atoms with Crippen LogP contribution in [0.15, 0.2) is 46.9 Å². The van der Waals surface area contributed by atoms with E-state index in [0.29, 0.717) is 36.0 Å². The Bertz CT molecular complexity index is 1060. The number of para-hydroxylation sites is 2. The summed E-state index contributed by atoms with van der Waals surface area (Å²) >= 11 is 0. The second-order valence-corrected chi connectivity index (χ2v) is 7.44. The fourth-order valence-electron chi connectivity index (χ4n) is 3.75. The number of amides is 2. The summed E-state index contributed by atoms with van der Waals surface area (Å²) in [5.41, 5.74) is 2.10. The number of aromatic nitrogens is 1. The molecular formula is C23H25N3O5. The Morgan fingerprint density at radius 1 is 1.23 bits per heavy atom. The summed E-state index contributed by atoms with van der Waals surface area (Å²) in [7, 11) is 3.04. The topological polar surface area (TPSA) is 93.9 Å². The summed E-state index contributed by atoms with van der Waals surface area (Å²) in [5, 5.41) is 2.49. The number of benzene rings is 2. The number of piperidine rings is 1. The van der Waals surface area contributed by atoms with E-state index in [-0.39, 0.29) is 24.3 Å². The zero-order valence-electron chi connectivity index (χ0n) is 17.6. The number of nitrogens with one attached hydrogen (secondary N) is 1. The number of likely N-dealkylation sites (N-methyl/N-ethyl adjacent to an activating group) is 1. The lowest BCUT2D eigenvalue weighted by Crippen LogP contribution is -2.39. The van der Waals surface area contributed by atoms with Crippen LogP contribution in [0.2, 0.25) is 0 Å². The highest BCUT2D eigenvalue weighted by atomic mass is 16.5. The third kappa shape index (κ3) is 4.47. The van der Waals surface area contributed by atoms with E-state index in [2.05, 4.69) is 10.3 Å². The van der Waals surface area contributed by atoms with Crippen molar-refractivity contribution in [2.45, 2.75) is 18.8 Å². The van der Waals surface area contributed by atoms with Crippen molar-refractivity contribution in [2.24, 2.45) is 0 Å². The van der Waals surface area contributed by atoms with Crippen molar-refractivity contribution in [2.75, 3.05) is 33.9 Å². The molecule has 0 bridgehead atoms. The maximum Gasteiger partial charge on any atom is 0.257 e. The van der Waals surface area contributed by atoms with Crippen molar-refractivity contribution >= 4 is 22.9 Å². The minimum atomic E-state index is -0.249. The van der Waals surface area contributed by atoms with Gasteiger partial charge in [0.25, 0.3) is 11.8 Å². The second kappa shape index (κ2) is 9.07. The van der Waals surface area contributed by atoms with Gasteiger partial charge >= 0.3 is 0 Å². The Morgan fingerprint density at radius 2 is 2.06 bits per heavy atom. The van der Waals surface area contributed by atoms with Gasteiger partial charge in [0.1, 0.15) is 5.52 Å². The first kappa shape index (κ1) is 20.7. The average Bonchev–Trinajstić information content (AvgIpc) is 3.26. The SMILES string of the molecule is CNC(=O)COc1ccc(C(=O)N2CCCC(c3nc4ccccc4o3)C2)cc1OC. The number of fused-ring (bicyclic) bond motifs is 1. The number of oxazole rings is 1. The highest BCUT2D eigenvalue weighted by Gasteiger charge is 2.29. The summed E-state index contributed by atoms with van der Waals surface area (Å²) in [5.74, 6) is 1.21. The summed E-state index contributed by atoms with van der Waals surface area (Å²) in [6, 6.07) is 12.7. The Labute approximate surface area is 180 Å². The molecule has 31 heavy (non-hydrogen) atoms. The first-order valence-corrected chi connectivity index (χ1v) is 10.2. The molecule has 0 spiro atoms. The van der Waals surface area contributed by atoms with E-state index >= 15 is 0 Å². The van der Waals surface area contributed by atoms with E-state index in [1.807, 2.05) is 29.2 Å². The molecule has 8 nitrogen and oxygen atoms in total. The van der Waals surface area contributed by atoms with Crippen molar-refractivity contribution in [3.8, 4) is 11.5 Å². The number of hydrogen-bond acceptors (Lipinski definition) is 6. The van der Waals surface area contributed by atoms with Gasteiger partial charge in [-0.1, -0.05) is 12.1 Å². The normalized spacial score (nSPS) is 16.2. The molecule has 1 atom stereocenters. The van der Waals surface area contributed by atoms with E-state index in [4.69, 9.17) is 13.9 Å². The zero-order chi connectivity index (χ0) is 21.8. The number of carbonyl (C=O) groups excluding carboxylic acids is 2. The van der Waals surface area contributed by atoms with Crippen LogP contribution in [-0.2, 0) is 4.79 Å². The van der Waals surface area contributed by atoms with E-state index in [1.54, 1.807) is 18.2 Å². The molecule has 1 saturated heterocycles. The van der Waals surface area contributed by atoms with E-state index < -0.39 is 0 Å². The van der Waals surface area contributed by atoms with Crippen LogP contribution in [0.25, 0.3) is 11.1 Å². The predicted octanol–water partition coefficient (Wildman–Crippen LogP) is 2.98. The highest BCUT2D eigenvalue weighted by molar-refractivity contribution is 5.95. The minimum absolute atomic E-state index is 0.0576. The smallest absolute Gasteiger partial charge is 0.257 e. The molecule has 4 rings (SSSR count). The van der Waals surface area contributed by atoms with Crippen LogP contribution in [0.1, 0.15) is 35.0 Å². The molecule has 162 valence electrons. The fraction of sp³-hybridized carbons (Fsp3) is 0.348. The third-order valence-corrected chi connectivity index (χ3v) is 5.42. The monoisotopic (exact) mass is 423 g/mol. The van der Waals surface area contributed by atoms with Crippen molar-refractivity contribution in [1.29, 1.82) is 0 Å². The van der Waals surface area contributed by atoms with Crippen LogP contribution in [0.4, 0.5) is 0 Å². The van der Waals surface area contributed by atoms with Crippen molar-refractivity contribution in [1.82, 2.24) is 15.2 Å². The molecule has 3 aromatic rings. The van der Waals surface area contributed by atoms with Gasteiger partial charge in [-0.25, -0.2) is 4.98 Å². The van der Waals surface area contributed by atoms with Gasteiger partial charge < -0.3 is 24.1 Å². The van der Waals surface area contributed by atoms with Crippen LogP contribution in [0, 0.1) is 0 Å². The molecule has 1 unspecified atom stereocenters. The molecule has 0 aliphatic carbocycles. The predicted molar refractivity (Wildman–Crippen MR) is 114 cm³/mol. The largest absolute Gasteiger partial charge is 0.493 e. The molecule has 0 radical (unpaired) electrons. The maximum atomic E-state index is 13.2. The van der Waals surface area contributed by atoms with Gasteiger partial charge in [-0.15, -0.1) is 0 Å². The van der Waals surface area contributed by atoms with Crippen LogP contribution < -0.4 is 14.8 Å². The number of hydrogen-bond donors (Lipinski definition) is 1. The first-order valence-electron chi connectivity index (χ1n) is 10.2. The Balaban J connectivity index is 1.48. The Kier molecular flexibility index (Phi) is 6.06. The lowest BCUT2D eigenvalue weighted by atomic mass is 9.97. The number of ether oxygens (including phenoxy) is 2. The van der Waals surface area contributed by atoms with Gasteiger partial charge in [-0.2, -0.15) is 0 Å². The molecule has 2 aromatic carbocycles.